The fraction of sp³-hybridized carbons (Fsp3) is 0.484. The van der Waals surface area contributed by atoms with E-state index in [0.717, 1.165) is 61.7 Å². The molecule has 6 rings (SSSR count). The van der Waals surface area contributed by atoms with E-state index in [1.807, 2.05) is 18.2 Å². The third-order valence-electron chi connectivity index (χ3n) is 9.16. The van der Waals surface area contributed by atoms with Crippen molar-refractivity contribution in [2.75, 3.05) is 30.3 Å². The molecular weight excluding hydrogens is 532 g/mol. The number of carbonyl (C=O) groups is 1. The van der Waals surface area contributed by atoms with Crippen LogP contribution >= 0.6 is 11.6 Å². The van der Waals surface area contributed by atoms with Crippen LogP contribution in [0.3, 0.4) is 0 Å². The van der Waals surface area contributed by atoms with Gasteiger partial charge in [-0.05, 0) is 104 Å². The first-order valence-electron chi connectivity index (χ1n) is 14.0. The van der Waals surface area contributed by atoms with Crippen molar-refractivity contribution in [3.05, 3.63) is 70.3 Å². The van der Waals surface area contributed by atoms with Gasteiger partial charge in [-0.3, -0.25) is 9.52 Å². The lowest BCUT2D eigenvalue weighted by Crippen LogP contribution is -2.48. The van der Waals surface area contributed by atoms with Gasteiger partial charge in [0, 0.05) is 29.1 Å². The van der Waals surface area contributed by atoms with E-state index in [1.54, 1.807) is 18.2 Å². The number of carbonyl (C=O) groups excluding carboxylic acids is 1. The maximum Gasteiger partial charge on any atom is 0.262 e. The molecule has 0 aromatic heterocycles. The Bertz CT molecular complexity index is 1410. The summed E-state index contributed by atoms with van der Waals surface area (Å²) in [7, 11) is -2.89. The monoisotopic (exact) mass is 568 g/mol. The second-order valence-corrected chi connectivity index (χ2v) is 14.5. The number of nitrogens with zero attached hydrogens (tertiary/aromatic N) is 1. The van der Waals surface area contributed by atoms with E-state index >= 15 is 0 Å². The summed E-state index contributed by atoms with van der Waals surface area (Å²) in [5, 5.41) is 11.3. The summed E-state index contributed by atoms with van der Waals surface area (Å²) in [6.45, 7) is 2.23. The van der Waals surface area contributed by atoms with Crippen LogP contribution in [-0.2, 0) is 21.5 Å². The summed E-state index contributed by atoms with van der Waals surface area (Å²) < 4.78 is 22.2. The van der Waals surface area contributed by atoms with Gasteiger partial charge in [-0.15, -0.1) is 0 Å². The molecule has 1 spiro atoms. The molecule has 2 N–H and O–H groups in total. The van der Waals surface area contributed by atoms with Crippen LogP contribution in [0.4, 0.5) is 5.69 Å². The van der Waals surface area contributed by atoms with E-state index in [2.05, 4.69) is 27.6 Å². The quantitative estimate of drug-likeness (QED) is 0.349. The largest absolute Gasteiger partial charge is 0.490 e. The number of hydrogen-bond acceptors (Lipinski definition) is 5. The number of rotatable bonds is 0. The maximum atomic E-state index is 13.2. The molecule has 39 heavy (non-hydrogen) atoms. The first kappa shape index (κ1) is 26.7. The number of benzene rings is 2. The maximum absolute atomic E-state index is 13.2. The van der Waals surface area contributed by atoms with Gasteiger partial charge in [-0.1, -0.05) is 29.8 Å². The van der Waals surface area contributed by atoms with E-state index in [4.69, 9.17) is 16.3 Å². The molecule has 1 saturated carbocycles. The van der Waals surface area contributed by atoms with Crippen molar-refractivity contribution in [2.45, 2.75) is 56.5 Å². The first-order valence-corrected chi connectivity index (χ1v) is 16.3. The Hall–Kier alpha value is -2.48. The van der Waals surface area contributed by atoms with Gasteiger partial charge in [0.2, 0.25) is 0 Å². The van der Waals surface area contributed by atoms with Crippen LogP contribution in [0.1, 0.15) is 60.0 Å². The number of ether oxygens (including phenoxy) is 1. The number of fused-ring (bicyclic) bond motifs is 4. The molecular formula is C31H37ClN2O4S. The highest BCUT2D eigenvalue weighted by molar-refractivity contribution is 7.99. The molecule has 2 bridgehead atoms. The fourth-order valence-corrected chi connectivity index (χ4v) is 8.07. The van der Waals surface area contributed by atoms with Gasteiger partial charge in [0.15, 0.2) is 0 Å². The summed E-state index contributed by atoms with van der Waals surface area (Å²) >= 11 is 6.38. The van der Waals surface area contributed by atoms with Crippen molar-refractivity contribution in [1.82, 2.24) is 4.72 Å². The van der Waals surface area contributed by atoms with E-state index in [0.29, 0.717) is 30.4 Å². The highest BCUT2D eigenvalue weighted by atomic mass is 35.5. The number of aryl methyl sites for hydroxylation is 1. The molecule has 2 aromatic rings. The summed E-state index contributed by atoms with van der Waals surface area (Å²) in [5.74, 6) is 5.25. The average Bonchev–Trinajstić information content (AvgIpc) is 3.03. The van der Waals surface area contributed by atoms with E-state index in [1.165, 1.54) is 17.5 Å². The lowest BCUT2D eigenvalue weighted by molar-refractivity contribution is 0.0982. The number of nitrogens with one attached hydrogen (secondary N) is 1. The molecule has 6 nitrogen and oxygen atoms in total. The van der Waals surface area contributed by atoms with Crippen molar-refractivity contribution in [2.24, 2.45) is 11.8 Å². The lowest BCUT2D eigenvalue weighted by atomic mass is 9.68. The van der Waals surface area contributed by atoms with Gasteiger partial charge in [-0.2, -0.15) is 0 Å². The first-order chi connectivity index (χ1) is 18.7. The van der Waals surface area contributed by atoms with Gasteiger partial charge in [0.1, 0.15) is 5.75 Å². The Morgan fingerprint density at radius 1 is 1.13 bits per heavy atom. The number of halogens is 1. The Morgan fingerprint density at radius 2 is 1.95 bits per heavy atom. The normalized spacial score (nSPS) is 33.5. The minimum absolute atomic E-state index is 0.0774. The summed E-state index contributed by atoms with van der Waals surface area (Å²) in [6.07, 6.45) is 9.83. The molecule has 8 heteroatoms. The minimum Gasteiger partial charge on any atom is -0.490 e. The van der Waals surface area contributed by atoms with Gasteiger partial charge in [0.25, 0.3) is 5.91 Å². The molecule has 2 aromatic carbocycles. The predicted octanol–water partition coefficient (Wildman–Crippen LogP) is 4.91. The third kappa shape index (κ3) is 5.46. The number of aliphatic hydroxyl groups is 1. The molecule has 1 unspecified atom stereocenters. The highest BCUT2D eigenvalue weighted by Gasteiger charge is 2.43. The average molecular weight is 569 g/mol. The smallest absolute Gasteiger partial charge is 0.262 e. The standard InChI is InChI=1S/C31H37ClN2O4S/c1-39(37)15-3-5-26(35)11-8-21-6-7-24(21)18-34-19-31(14-2-4-22-16-25(32)10-12-27(22)31)20-38-29-13-9-23(17-28(29)34)30(36)33-39/h3,5,9-10,12-13,16-17,21,24,26,35H,1-2,4,6-8,11,14-15,18-20H2,(H,33,36,37)/b5-3+/t21-,24-,26-,31-,39?/m0/s1. The van der Waals surface area contributed by atoms with Gasteiger partial charge in [0.05, 0.1) is 33.9 Å². The van der Waals surface area contributed by atoms with Crippen LogP contribution in [0.2, 0.25) is 5.02 Å². The predicted molar refractivity (Wildman–Crippen MR) is 158 cm³/mol. The molecule has 2 aliphatic carbocycles. The van der Waals surface area contributed by atoms with Crippen molar-refractivity contribution >= 4 is 38.8 Å². The molecule has 2 heterocycles. The molecule has 1 fully saturated rings. The van der Waals surface area contributed by atoms with Crippen LogP contribution in [-0.4, -0.2) is 52.6 Å². The SMILES string of the molecule is C=S1(=O)C/C=C/[C@H](O)CC[C@@H]2CC[C@H]2CN2C[C@@]3(CCCc4cc(Cl)ccc43)COc3ccc(cc32)C(=O)N1. The second kappa shape index (κ2) is 10.5. The Labute approximate surface area is 236 Å². The lowest BCUT2D eigenvalue weighted by Gasteiger charge is -2.44. The highest BCUT2D eigenvalue weighted by Crippen LogP contribution is 2.46. The third-order valence-corrected chi connectivity index (χ3v) is 10.7. The Morgan fingerprint density at radius 3 is 2.77 bits per heavy atom. The Balaban J connectivity index is 1.40. The second-order valence-electron chi connectivity index (χ2n) is 11.9. The summed E-state index contributed by atoms with van der Waals surface area (Å²) in [6, 6.07) is 11.8. The van der Waals surface area contributed by atoms with Crippen LogP contribution < -0.4 is 14.4 Å². The molecule has 208 valence electrons. The van der Waals surface area contributed by atoms with Crippen molar-refractivity contribution < 1.29 is 18.8 Å². The van der Waals surface area contributed by atoms with E-state index in [9.17, 15) is 14.1 Å². The molecule has 1 amide bonds. The number of amides is 1. The minimum atomic E-state index is -2.89. The molecule has 2 aliphatic heterocycles. The zero-order chi connectivity index (χ0) is 27.2. The van der Waals surface area contributed by atoms with Crippen molar-refractivity contribution in [1.29, 1.82) is 0 Å². The van der Waals surface area contributed by atoms with Crippen molar-refractivity contribution in [3.63, 3.8) is 0 Å². The number of anilines is 1. The zero-order valence-electron chi connectivity index (χ0n) is 22.2. The topological polar surface area (TPSA) is 78.9 Å². The molecule has 0 radical (unpaired) electrons. The summed E-state index contributed by atoms with van der Waals surface area (Å²) in [5.41, 5.74) is 3.78. The molecule has 0 saturated heterocycles. The van der Waals surface area contributed by atoms with Crippen molar-refractivity contribution in [3.8, 4) is 5.75 Å². The van der Waals surface area contributed by atoms with Crippen LogP contribution in [0, 0.1) is 11.8 Å². The van der Waals surface area contributed by atoms with Crippen LogP contribution in [0.15, 0.2) is 48.6 Å². The van der Waals surface area contributed by atoms with Gasteiger partial charge in [-0.25, -0.2) is 4.21 Å². The van der Waals surface area contributed by atoms with Gasteiger partial charge >= 0.3 is 0 Å². The van der Waals surface area contributed by atoms with E-state index in [-0.39, 0.29) is 11.2 Å². The van der Waals surface area contributed by atoms with E-state index < -0.39 is 21.7 Å². The number of hydrogen-bond donors (Lipinski definition) is 2. The van der Waals surface area contributed by atoms with Gasteiger partial charge < -0.3 is 14.7 Å². The van der Waals surface area contributed by atoms with Crippen LogP contribution in [0.25, 0.3) is 0 Å². The summed E-state index contributed by atoms with van der Waals surface area (Å²) in [4.78, 5) is 15.6. The fourth-order valence-electron chi connectivity index (χ4n) is 6.92. The molecule has 4 aliphatic rings. The zero-order valence-corrected chi connectivity index (χ0v) is 23.8. The Kier molecular flexibility index (Phi) is 7.19. The molecule has 5 atom stereocenters. The number of aliphatic hydroxyl groups excluding tert-OH is 1. The van der Waals surface area contributed by atoms with Crippen LogP contribution in [0.5, 0.6) is 5.75 Å².